The summed E-state index contributed by atoms with van der Waals surface area (Å²) in [5.74, 6) is 0. The molecule has 0 amide bonds. The van der Waals surface area contributed by atoms with Crippen LogP contribution in [0.1, 0.15) is 25.5 Å². The van der Waals surface area contributed by atoms with Gasteiger partial charge >= 0.3 is 7.82 Å². The van der Waals surface area contributed by atoms with Crippen LogP contribution in [0.5, 0.6) is 0 Å². The molecule has 1 unspecified atom stereocenters. The van der Waals surface area contributed by atoms with E-state index in [9.17, 15) is 4.57 Å². The molecule has 0 radical (unpaired) electrons. The lowest BCUT2D eigenvalue weighted by atomic mass is 10.1. The van der Waals surface area contributed by atoms with Gasteiger partial charge < -0.3 is 0 Å². The van der Waals surface area contributed by atoms with Crippen molar-refractivity contribution in [2.24, 2.45) is 0 Å². The van der Waals surface area contributed by atoms with Gasteiger partial charge in [0.15, 0.2) is 0 Å². The molecule has 0 fully saturated rings. The zero-order valence-corrected chi connectivity index (χ0v) is 12.5. The minimum atomic E-state index is -3.64. The summed E-state index contributed by atoms with van der Waals surface area (Å²) in [6.45, 7) is 3.83. The van der Waals surface area contributed by atoms with Crippen LogP contribution in [0.3, 0.4) is 0 Å². The van der Waals surface area contributed by atoms with Crippen LogP contribution < -0.4 is 0 Å². The van der Waals surface area contributed by atoms with E-state index in [0.29, 0.717) is 0 Å². The highest BCUT2D eigenvalue weighted by Gasteiger charge is 2.29. The van der Waals surface area contributed by atoms with Gasteiger partial charge in [-0.1, -0.05) is 30.3 Å². The molecule has 0 saturated carbocycles. The maximum atomic E-state index is 12.4. The van der Waals surface area contributed by atoms with Crippen molar-refractivity contribution in [3.05, 3.63) is 48.0 Å². The van der Waals surface area contributed by atoms with E-state index in [1.54, 1.807) is 13.8 Å². The molecule has 0 aliphatic rings. The summed E-state index contributed by atoms with van der Waals surface area (Å²) in [6, 6.07) is 11.0. The Bertz CT molecular complexity index is 500. The SMILES string of the molecule is CCOP(=O)(OCC)OC(/C=C/C#N)c1ccccc1. The summed E-state index contributed by atoms with van der Waals surface area (Å²) in [5, 5.41) is 8.64. The van der Waals surface area contributed by atoms with E-state index in [1.807, 2.05) is 36.4 Å². The molecule has 5 nitrogen and oxygen atoms in total. The highest BCUT2D eigenvalue weighted by molar-refractivity contribution is 7.48. The Morgan fingerprint density at radius 1 is 1.25 bits per heavy atom. The molecule has 0 aromatic heterocycles. The van der Waals surface area contributed by atoms with E-state index in [0.717, 1.165) is 5.56 Å². The largest absolute Gasteiger partial charge is 0.475 e. The van der Waals surface area contributed by atoms with Gasteiger partial charge in [-0.2, -0.15) is 5.26 Å². The first-order chi connectivity index (χ1) is 9.65. The first kappa shape index (κ1) is 16.6. The Balaban J connectivity index is 2.97. The Morgan fingerprint density at radius 2 is 1.85 bits per heavy atom. The van der Waals surface area contributed by atoms with Crippen LogP contribution >= 0.6 is 7.82 Å². The monoisotopic (exact) mass is 295 g/mol. The number of rotatable bonds is 8. The zero-order valence-electron chi connectivity index (χ0n) is 11.6. The molecule has 108 valence electrons. The Labute approximate surface area is 119 Å². The smallest absolute Gasteiger partial charge is 0.287 e. The van der Waals surface area contributed by atoms with Gasteiger partial charge in [0.25, 0.3) is 0 Å². The number of nitriles is 1. The fraction of sp³-hybridized carbons (Fsp3) is 0.357. The summed E-state index contributed by atoms with van der Waals surface area (Å²) < 4.78 is 28.0. The van der Waals surface area contributed by atoms with Crippen molar-refractivity contribution >= 4 is 7.82 Å². The van der Waals surface area contributed by atoms with Crippen LogP contribution in [0.4, 0.5) is 0 Å². The first-order valence-electron chi connectivity index (χ1n) is 6.34. The highest BCUT2D eigenvalue weighted by Crippen LogP contribution is 2.53. The fourth-order valence-corrected chi connectivity index (χ4v) is 2.83. The number of allylic oxidation sites excluding steroid dienone is 1. The molecule has 6 heteroatoms. The van der Waals surface area contributed by atoms with Gasteiger partial charge in [-0.25, -0.2) is 4.57 Å². The normalized spacial score (nSPS) is 13.2. The number of phosphoric ester groups is 1. The average molecular weight is 295 g/mol. The molecular weight excluding hydrogens is 277 g/mol. The topological polar surface area (TPSA) is 68.6 Å². The number of hydrogen-bond acceptors (Lipinski definition) is 5. The Kier molecular flexibility index (Phi) is 7.21. The second-order valence-electron chi connectivity index (χ2n) is 3.71. The minimum absolute atomic E-state index is 0.209. The van der Waals surface area contributed by atoms with Gasteiger partial charge in [0.2, 0.25) is 0 Å². The van der Waals surface area contributed by atoms with Crippen LogP contribution in [0.15, 0.2) is 42.5 Å². The number of nitrogens with zero attached hydrogens (tertiary/aromatic N) is 1. The van der Waals surface area contributed by atoms with Crippen molar-refractivity contribution in [1.82, 2.24) is 0 Å². The molecule has 0 saturated heterocycles. The minimum Gasteiger partial charge on any atom is -0.287 e. The van der Waals surface area contributed by atoms with Crippen molar-refractivity contribution in [2.45, 2.75) is 20.0 Å². The molecule has 1 rings (SSSR count). The van der Waals surface area contributed by atoms with Gasteiger partial charge in [-0.3, -0.25) is 13.6 Å². The van der Waals surface area contributed by atoms with Gasteiger partial charge in [0.05, 0.1) is 19.3 Å². The fourth-order valence-electron chi connectivity index (χ4n) is 1.53. The molecule has 0 aliphatic carbocycles. The van der Waals surface area contributed by atoms with Crippen LogP contribution in [0, 0.1) is 11.3 Å². The zero-order chi connectivity index (χ0) is 14.8. The predicted molar refractivity (Wildman–Crippen MR) is 75.9 cm³/mol. The van der Waals surface area contributed by atoms with Gasteiger partial charge in [-0.05, 0) is 25.5 Å². The van der Waals surface area contributed by atoms with E-state index >= 15 is 0 Å². The van der Waals surface area contributed by atoms with E-state index in [-0.39, 0.29) is 13.2 Å². The predicted octanol–water partition coefficient (Wildman–Crippen LogP) is 4.01. The van der Waals surface area contributed by atoms with Crippen LogP contribution in [-0.4, -0.2) is 13.2 Å². The van der Waals surface area contributed by atoms with E-state index in [1.165, 1.54) is 12.2 Å². The summed E-state index contributed by atoms with van der Waals surface area (Å²) in [7, 11) is -3.64. The lowest BCUT2D eigenvalue weighted by Gasteiger charge is -2.21. The quantitative estimate of drug-likeness (QED) is 0.535. The third-order valence-corrected chi connectivity index (χ3v) is 3.92. The molecule has 1 atom stereocenters. The van der Waals surface area contributed by atoms with Crippen molar-refractivity contribution in [1.29, 1.82) is 5.26 Å². The van der Waals surface area contributed by atoms with E-state index in [4.69, 9.17) is 18.8 Å². The highest BCUT2D eigenvalue weighted by atomic mass is 31.2. The number of phosphoric acid groups is 1. The number of hydrogen-bond donors (Lipinski definition) is 0. The summed E-state index contributed by atoms with van der Waals surface area (Å²) in [6.07, 6.45) is 2.12. The molecule has 0 aliphatic heterocycles. The lowest BCUT2D eigenvalue weighted by Crippen LogP contribution is -2.05. The molecule has 1 aromatic rings. The third-order valence-electron chi connectivity index (χ3n) is 2.29. The maximum absolute atomic E-state index is 12.4. The van der Waals surface area contributed by atoms with E-state index in [2.05, 4.69) is 0 Å². The summed E-state index contributed by atoms with van der Waals surface area (Å²) in [4.78, 5) is 0. The van der Waals surface area contributed by atoms with Gasteiger partial charge in [0.1, 0.15) is 6.10 Å². The maximum Gasteiger partial charge on any atom is 0.475 e. The Morgan fingerprint density at radius 3 is 2.35 bits per heavy atom. The Hall–Kier alpha value is -1.44. The molecule has 0 heterocycles. The standard InChI is InChI=1S/C14H18NO4P/c1-3-17-20(16,18-4-2)19-14(11-8-12-15)13-9-6-5-7-10-13/h5-11,14H,3-4H2,1-2H3/b11-8+. The second-order valence-corrected chi connectivity index (χ2v) is 5.33. The number of benzene rings is 1. The van der Waals surface area contributed by atoms with Crippen molar-refractivity contribution < 1.29 is 18.1 Å². The van der Waals surface area contributed by atoms with Crippen molar-refractivity contribution in [3.63, 3.8) is 0 Å². The van der Waals surface area contributed by atoms with E-state index < -0.39 is 13.9 Å². The first-order valence-corrected chi connectivity index (χ1v) is 7.80. The van der Waals surface area contributed by atoms with Crippen molar-refractivity contribution in [2.75, 3.05) is 13.2 Å². The van der Waals surface area contributed by atoms with Crippen LogP contribution in [0.25, 0.3) is 0 Å². The molecule has 0 spiro atoms. The summed E-state index contributed by atoms with van der Waals surface area (Å²) >= 11 is 0. The molecule has 0 N–H and O–H groups in total. The van der Waals surface area contributed by atoms with Gasteiger partial charge in [-0.15, -0.1) is 0 Å². The molecule has 0 bridgehead atoms. The van der Waals surface area contributed by atoms with Crippen LogP contribution in [0.2, 0.25) is 0 Å². The third kappa shape index (κ3) is 5.28. The lowest BCUT2D eigenvalue weighted by molar-refractivity contribution is 0.101. The van der Waals surface area contributed by atoms with Gasteiger partial charge in [0, 0.05) is 6.08 Å². The summed E-state index contributed by atoms with van der Waals surface area (Å²) in [5.41, 5.74) is 0.763. The van der Waals surface area contributed by atoms with Crippen molar-refractivity contribution in [3.8, 4) is 6.07 Å². The second kappa shape index (κ2) is 8.68. The molecule has 20 heavy (non-hydrogen) atoms. The van der Waals surface area contributed by atoms with Crippen LogP contribution in [-0.2, 0) is 18.1 Å². The molecule has 1 aromatic carbocycles. The average Bonchev–Trinajstić information content (AvgIpc) is 2.45. The molecular formula is C14H18NO4P.